The van der Waals surface area contributed by atoms with Crippen molar-refractivity contribution < 1.29 is 9.34 Å². The summed E-state index contributed by atoms with van der Waals surface area (Å²) < 4.78 is 5.53. The van der Waals surface area contributed by atoms with E-state index in [9.17, 15) is 10.1 Å². The molecule has 0 aliphatic heterocycles. The van der Waals surface area contributed by atoms with Crippen LogP contribution in [-0.4, -0.2) is 40.5 Å². The lowest BCUT2D eigenvalue weighted by molar-refractivity contribution is -0.384. The van der Waals surface area contributed by atoms with Gasteiger partial charge in [0.2, 0.25) is 0 Å². The van der Waals surface area contributed by atoms with Gasteiger partial charge in [-0.15, -0.1) is 0 Å². The third-order valence-electron chi connectivity index (χ3n) is 3.73. The van der Waals surface area contributed by atoms with Gasteiger partial charge in [-0.05, 0) is 25.5 Å². The van der Waals surface area contributed by atoms with E-state index >= 15 is 0 Å². The zero-order valence-corrected chi connectivity index (χ0v) is 11.9. The van der Waals surface area contributed by atoms with Gasteiger partial charge in [0.05, 0.1) is 4.92 Å². The third kappa shape index (κ3) is 3.13. The first-order valence-corrected chi connectivity index (χ1v) is 7.20. The van der Waals surface area contributed by atoms with E-state index in [1.54, 1.807) is 6.07 Å². The monoisotopic (exact) mass is 290 g/mol. The molecule has 0 unspecified atom stereocenters. The number of aromatic nitrogens is 1. The van der Waals surface area contributed by atoms with E-state index in [2.05, 4.69) is 22.1 Å². The van der Waals surface area contributed by atoms with Gasteiger partial charge in [0.25, 0.3) is 11.7 Å². The first-order valence-electron chi connectivity index (χ1n) is 7.20. The van der Waals surface area contributed by atoms with Gasteiger partial charge < -0.3 is 9.73 Å². The van der Waals surface area contributed by atoms with E-state index in [1.807, 2.05) is 0 Å². The normalized spacial score (nSPS) is 14.8. The van der Waals surface area contributed by atoms with Crippen molar-refractivity contribution in [2.75, 3.05) is 25.0 Å². The summed E-state index contributed by atoms with van der Waals surface area (Å²) in [6.07, 6.45) is 2.58. The molecule has 1 aliphatic carbocycles. The van der Waals surface area contributed by atoms with Crippen LogP contribution < -0.4 is 5.32 Å². The summed E-state index contributed by atoms with van der Waals surface area (Å²) in [5, 5.41) is 13.9. The van der Waals surface area contributed by atoms with Crippen molar-refractivity contribution in [3.8, 4) is 0 Å². The smallest absolute Gasteiger partial charge is 0.295 e. The molecule has 1 fully saturated rings. The van der Waals surface area contributed by atoms with Crippen LogP contribution in [0.3, 0.4) is 0 Å². The van der Waals surface area contributed by atoms with Crippen LogP contribution in [-0.2, 0) is 0 Å². The molecule has 7 heteroatoms. The molecule has 0 saturated heterocycles. The summed E-state index contributed by atoms with van der Waals surface area (Å²) in [5.41, 5.74) is 1.08. The highest BCUT2D eigenvalue weighted by atomic mass is 16.6. The lowest BCUT2D eigenvalue weighted by Crippen LogP contribution is -2.30. The van der Waals surface area contributed by atoms with Crippen molar-refractivity contribution >= 4 is 22.8 Å². The Hall–Kier alpha value is -2.15. The van der Waals surface area contributed by atoms with Gasteiger partial charge in [-0.2, -0.15) is 4.98 Å². The van der Waals surface area contributed by atoms with Crippen LogP contribution in [0.25, 0.3) is 11.1 Å². The first kappa shape index (κ1) is 13.8. The molecule has 0 atom stereocenters. The largest absolute Gasteiger partial charge is 0.424 e. The first-order chi connectivity index (χ1) is 10.2. The molecule has 0 spiro atoms. The second-order valence-corrected chi connectivity index (χ2v) is 5.21. The second kappa shape index (κ2) is 5.69. The molecule has 1 N–H and O–H groups in total. The number of nitrogens with zero attached hydrogens (tertiary/aromatic N) is 3. The van der Waals surface area contributed by atoms with Gasteiger partial charge in [-0.25, -0.2) is 0 Å². The van der Waals surface area contributed by atoms with Gasteiger partial charge in [0.1, 0.15) is 5.52 Å². The number of non-ortho nitro benzene ring substituents is 1. The van der Waals surface area contributed by atoms with Gasteiger partial charge in [0, 0.05) is 31.3 Å². The molecule has 2 aromatic rings. The molecule has 1 aromatic carbocycles. The van der Waals surface area contributed by atoms with Crippen LogP contribution in [0.15, 0.2) is 22.6 Å². The van der Waals surface area contributed by atoms with Crippen LogP contribution in [0, 0.1) is 10.1 Å². The molecule has 1 aromatic heterocycles. The predicted octanol–water partition coefficient (Wildman–Crippen LogP) is 2.63. The minimum absolute atomic E-state index is 0.0215. The number of benzene rings is 1. The van der Waals surface area contributed by atoms with Crippen LogP contribution >= 0.6 is 0 Å². The van der Waals surface area contributed by atoms with Crippen molar-refractivity contribution in [1.82, 2.24) is 9.88 Å². The number of likely N-dealkylation sites (N-methyl/N-ethyl adjacent to an activating group) is 1. The Kier molecular flexibility index (Phi) is 3.74. The molecule has 7 nitrogen and oxygen atoms in total. The Balaban J connectivity index is 1.62. The fraction of sp³-hybridized carbons (Fsp3) is 0.500. The molecule has 1 heterocycles. The van der Waals surface area contributed by atoms with E-state index < -0.39 is 4.92 Å². The van der Waals surface area contributed by atoms with Gasteiger partial charge >= 0.3 is 0 Å². The number of fused-ring (bicyclic) bond motifs is 1. The number of hydrogen-bond donors (Lipinski definition) is 1. The summed E-state index contributed by atoms with van der Waals surface area (Å²) in [6, 6.07) is 5.57. The van der Waals surface area contributed by atoms with Crippen molar-refractivity contribution in [3.05, 3.63) is 28.3 Å². The number of nitrogens with one attached hydrogen (secondary N) is 1. The summed E-state index contributed by atoms with van der Waals surface area (Å²) in [5.74, 6) is 0. The van der Waals surface area contributed by atoms with Crippen molar-refractivity contribution in [3.63, 3.8) is 0 Å². The van der Waals surface area contributed by atoms with Gasteiger partial charge in [-0.1, -0.05) is 6.92 Å². The maximum atomic E-state index is 10.7. The van der Waals surface area contributed by atoms with Crippen LogP contribution in [0.2, 0.25) is 0 Å². The molecule has 0 bridgehead atoms. The minimum Gasteiger partial charge on any atom is -0.424 e. The number of rotatable bonds is 7. The zero-order valence-electron chi connectivity index (χ0n) is 11.9. The Morgan fingerprint density at radius 1 is 1.52 bits per heavy atom. The fourth-order valence-electron chi connectivity index (χ4n) is 2.45. The molecule has 0 amide bonds. The van der Waals surface area contributed by atoms with Crippen molar-refractivity contribution in [2.24, 2.45) is 0 Å². The van der Waals surface area contributed by atoms with Crippen molar-refractivity contribution in [1.29, 1.82) is 0 Å². The summed E-state index contributed by atoms with van der Waals surface area (Å²) in [4.78, 5) is 17.0. The Labute approximate surface area is 122 Å². The van der Waals surface area contributed by atoms with Gasteiger partial charge in [0.15, 0.2) is 5.58 Å². The summed E-state index contributed by atoms with van der Waals surface area (Å²) in [7, 11) is 0. The average Bonchev–Trinajstić information content (AvgIpc) is 3.22. The number of oxazole rings is 1. The van der Waals surface area contributed by atoms with Crippen LogP contribution in [0.1, 0.15) is 19.8 Å². The molecule has 1 aliphatic rings. The highest BCUT2D eigenvalue weighted by molar-refractivity contribution is 5.77. The van der Waals surface area contributed by atoms with E-state index in [-0.39, 0.29) is 5.69 Å². The molecular formula is C14H18N4O3. The van der Waals surface area contributed by atoms with Crippen LogP contribution in [0.5, 0.6) is 0 Å². The summed E-state index contributed by atoms with van der Waals surface area (Å²) >= 11 is 0. The maximum absolute atomic E-state index is 10.7. The zero-order chi connectivity index (χ0) is 14.8. The number of nitro benzene ring substituents is 1. The Morgan fingerprint density at radius 2 is 2.33 bits per heavy atom. The highest BCUT2D eigenvalue weighted by Crippen LogP contribution is 2.26. The van der Waals surface area contributed by atoms with Crippen molar-refractivity contribution in [2.45, 2.75) is 25.8 Å². The lowest BCUT2D eigenvalue weighted by atomic mass is 10.3. The Bertz CT molecular complexity index is 651. The molecule has 21 heavy (non-hydrogen) atoms. The number of anilines is 1. The predicted molar refractivity (Wildman–Crippen MR) is 79.4 cm³/mol. The average molecular weight is 290 g/mol. The van der Waals surface area contributed by atoms with E-state index in [0.717, 1.165) is 25.7 Å². The molecular weight excluding hydrogens is 272 g/mol. The number of nitro groups is 1. The Morgan fingerprint density at radius 3 is 3.00 bits per heavy atom. The molecule has 112 valence electrons. The maximum Gasteiger partial charge on any atom is 0.295 e. The summed E-state index contributed by atoms with van der Waals surface area (Å²) in [6.45, 7) is 4.91. The van der Waals surface area contributed by atoms with Gasteiger partial charge in [-0.3, -0.25) is 15.0 Å². The fourth-order valence-corrected chi connectivity index (χ4v) is 2.45. The third-order valence-corrected chi connectivity index (χ3v) is 3.73. The van der Waals surface area contributed by atoms with Crippen LogP contribution in [0.4, 0.5) is 11.7 Å². The van der Waals surface area contributed by atoms with E-state index in [1.165, 1.54) is 25.0 Å². The molecule has 3 rings (SSSR count). The quantitative estimate of drug-likeness (QED) is 0.623. The molecule has 0 radical (unpaired) electrons. The standard InChI is InChI=1S/C14H18N4O3/c1-2-17(10-3-4-10)8-7-15-14-16-12-9-11(18(19)20)5-6-13(12)21-14/h5-6,9-10H,2-4,7-8H2,1H3,(H,15,16). The highest BCUT2D eigenvalue weighted by Gasteiger charge is 2.27. The number of hydrogen-bond acceptors (Lipinski definition) is 6. The topological polar surface area (TPSA) is 84.4 Å². The molecule has 1 saturated carbocycles. The lowest BCUT2D eigenvalue weighted by Gasteiger charge is -2.19. The second-order valence-electron chi connectivity index (χ2n) is 5.21. The van der Waals surface area contributed by atoms with E-state index in [4.69, 9.17) is 4.42 Å². The SMILES string of the molecule is CCN(CCNc1nc2cc([N+](=O)[O-])ccc2o1)C1CC1. The van der Waals surface area contributed by atoms with E-state index in [0.29, 0.717) is 17.1 Å². The minimum atomic E-state index is -0.435.